The zero-order chi connectivity index (χ0) is 17.6. The summed E-state index contributed by atoms with van der Waals surface area (Å²) in [6, 6.07) is 6.98. The molecule has 0 unspecified atom stereocenters. The first-order valence-corrected chi connectivity index (χ1v) is 8.44. The van der Waals surface area contributed by atoms with E-state index in [-0.39, 0.29) is 12.2 Å². The number of amides is 1. The molecule has 1 aliphatic heterocycles. The summed E-state index contributed by atoms with van der Waals surface area (Å²) < 4.78 is 0. The third kappa shape index (κ3) is 4.24. The minimum absolute atomic E-state index is 0.0961. The van der Waals surface area contributed by atoms with Gasteiger partial charge in [-0.3, -0.25) is 9.59 Å². The molecule has 7 heteroatoms. The number of anilines is 1. The monoisotopic (exact) mass is 342 g/mol. The minimum Gasteiger partial charge on any atom is -0.396 e. The summed E-state index contributed by atoms with van der Waals surface area (Å²) in [5.41, 5.74) is 0.563. The summed E-state index contributed by atoms with van der Waals surface area (Å²) in [6.07, 6.45) is 5.18. The van der Waals surface area contributed by atoms with Crippen LogP contribution in [0.4, 0.5) is 5.82 Å². The minimum atomic E-state index is -0.406. The SMILES string of the molecule is O=C(NCc1ccc(N2CCC(CO)CC2)nc1)c1ccc[nH]c1=O. The Morgan fingerprint density at radius 1 is 1.32 bits per heavy atom. The van der Waals surface area contributed by atoms with Crippen LogP contribution in [0.2, 0.25) is 0 Å². The largest absolute Gasteiger partial charge is 0.396 e. The normalized spacial score (nSPS) is 15.2. The first-order chi connectivity index (χ1) is 12.2. The highest BCUT2D eigenvalue weighted by Crippen LogP contribution is 2.21. The number of carbonyl (C=O) groups excluding carboxylic acids is 1. The summed E-state index contributed by atoms with van der Waals surface area (Å²) in [4.78, 5) is 32.8. The molecular formula is C18H22N4O3. The van der Waals surface area contributed by atoms with Crippen LogP contribution in [0.5, 0.6) is 0 Å². The lowest BCUT2D eigenvalue weighted by molar-refractivity contribution is 0.0949. The van der Waals surface area contributed by atoms with Gasteiger partial charge in [-0.25, -0.2) is 4.98 Å². The lowest BCUT2D eigenvalue weighted by Gasteiger charge is -2.32. The van der Waals surface area contributed by atoms with E-state index in [1.54, 1.807) is 12.3 Å². The molecule has 0 aliphatic carbocycles. The predicted molar refractivity (Wildman–Crippen MR) is 94.5 cm³/mol. The molecule has 3 heterocycles. The van der Waals surface area contributed by atoms with Crippen LogP contribution in [0, 0.1) is 5.92 Å². The zero-order valence-corrected chi connectivity index (χ0v) is 13.9. The zero-order valence-electron chi connectivity index (χ0n) is 13.9. The number of nitrogens with zero attached hydrogens (tertiary/aromatic N) is 2. The van der Waals surface area contributed by atoms with Gasteiger partial charge in [0.15, 0.2) is 0 Å². The number of aliphatic hydroxyl groups excluding tert-OH is 1. The van der Waals surface area contributed by atoms with Gasteiger partial charge in [-0.15, -0.1) is 0 Å². The Morgan fingerprint density at radius 3 is 2.76 bits per heavy atom. The summed E-state index contributed by atoms with van der Waals surface area (Å²) in [5, 5.41) is 11.9. The van der Waals surface area contributed by atoms with E-state index in [0.29, 0.717) is 12.5 Å². The molecule has 3 rings (SSSR count). The number of nitrogens with one attached hydrogen (secondary N) is 2. The lowest BCUT2D eigenvalue weighted by Crippen LogP contribution is -2.35. The van der Waals surface area contributed by atoms with Crippen LogP contribution in [0.1, 0.15) is 28.8 Å². The van der Waals surface area contributed by atoms with Crippen LogP contribution in [0.25, 0.3) is 0 Å². The van der Waals surface area contributed by atoms with Crippen molar-refractivity contribution in [3.05, 3.63) is 58.1 Å². The standard InChI is InChI=1S/C18H22N4O3/c23-12-13-5-8-22(9-6-13)16-4-3-14(10-20-16)11-21-18(25)15-2-1-7-19-17(15)24/h1-4,7,10,13,23H,5-6,8-9,11-12H2,(H,19,24)(H,21,25). The van der Waals surface area contributed by atoms with Gasteiger partial charge >= 0.3 is 0 Å². The second kappa shape index (κ2) is 7.94. The van der Waals surface area contributed by atoms with Crippen molar-refractivity contribution in [1.82, 2.24) is 15.3 Å². The Hall–Kier alpha value is -2.67. The van der Waals surface area contributed by atoms with Crippen molar-refractivity contribution in [2.24, 2.45) is 5.92 Å². The molecule has 132 valence electrons. The molecule has 1 amide bonds. The number of pyridine rings is 2. The lowest BCUT2D eigenvalue weighted by atomic mass is 9.98. The van der Waals surface area contributed by atoms with Gasteiger partial charge in [0, 0.05) is 38.6 Å². The molecule has 0 aromatic carbocycles. The van der Waals surface area contributed by atoms with E-state index in [1.807, 2.05) is 12.1 Å². The molecule has 1 fully saturated rings. The number of piperidine rings is 1. The summed E-state index contributed by atoms with van der Waals surface area (Å²) >= 11 is 0. The molecule has 3 N–H and O–H groups in total. The number of H-pyrrole nitrogens is 1. The Bertz CT molecular complexity index is 764. The average Bonchev–Trinajstić information content (AvgIpc) is 2.67. The van der Waals surface area contributed by atoms with Gasteiger partial charge in [-0.05, 0) is 42.5 Å². The van der Waals surface area contributed by atoms with Crippen molar-refractivity contribution in [3.63, 3.8) is 0 Å². The molecule has 0 spiro atoms. The second-order valence-corrected chi connectivity index (χ2v) is 6.23. The smallest absolute Gasteiger partial charge is 0.260 e. The number of aromatic nitrogens is 2. The Labute approximate surface area is 145 Å². The Balaban J connectivity index is 1.55. The van der Waals surface area contributed by atoms with Crippen LogP contribution in [0.15, 0.2) is 41.5 Å². The molecule has 0 radical (unpaired) electrons. The third-order valence-corrected chi connectivity index (χ3v) is 4.52. The van der Waals surface area contributed by atoms with Crippen LogP contribution in [0.3, 0.4) is 0 Å². The van der Waals surface area contributed by atoms with Crippen molar-refractivity contribution >= 4 is 11.7 Å². The van der Waals surface area contributed by atoms with Crippen molar-refractivity contribution in [2.45, 2.75) is 19.4 Å². The van der Waals surface area contributed by atoms with Crippen molar-refractivity contribution in [1.29, 1.82) is 0 Å². The second-order valence-electron chi connectivity index (χ2n) is 6.23. The van der Waals surface area contributed by atoms with Gasteiger partial charge in [0.05, 0.1) is 0 Å². The van der Waals surface area contributed by atoms with E-state index in [4.69, 9.17) is 0 Å². The van der Waals surface area contributed by atoms with E-state index in [1.165, 1.54) is 12.3 Å². The van der Waals surface area contributed by atoms with E-state index >= 15 is 0 Å². The van der Waals surface area contributed by atoms with E-state index in [2.05, 4.69) is 20.2 Å². The molecule has 0 bridgehead atoms. The number of hydrogen-bond acceptors (Lipinski definition) is 5. The highest BCUT2D eigenvalue weighted by atomic mass is 16.3. The van der Waals surface area contributed by atoms with Crippen molar-refractivity contribution < 1.29 is 9.90 Å². The highest BCUT2D eigenvalue weighted by molar-refractivity contribution is 5.93. The number of rotatable bonds is 5. The van der Waals surface area contributed by atoms with Crippen LogP contribution >= 0.6 is 0 Å². The number of aliphatic hydroxyl groups is 1. The van der Waals surface area contributed by atoms with Crippen LogP contribution in [-0.4, -0.2) is 40.7 Å². The van der Waals surface area contributed by atoms with E-state index in [0.717, 1.165) is 37.3 Å². The van der Waals surface area contributed by atoms with Crippen LogP contribution < -0.4 is 15.8 Å². The fourth-order valence-electron chi connectivity index (χ4n) is 2.93. The quantitative estimate of drug-likeness (QED) is 0.750. The number of carbonyl (C=O) groups is 1. The summed E-state index contributed by atoms with van der Waals surface area (Å²) in [6.45, 7) is 2.35. The van der Waals surface area contributed by atoms with Gasteiger partial charge in [-0.1, -0.05) is 6.07 Å². The summed E-state index contributed by atoms with van der Waals surface area (Å²) in [7, 11) is 0. The van der Waals surface area contributed by atoms with Crippen LogP contribution in [-0.2, 0) is 6.54 Å². The van der Waals surface area contributed by atoms with E-state index < -0.39 is 11.5 Å². The molecule has 25 heavy (non-hydrogen) atoms. The fraction of sp³-hybridized carbons (Fsp3) is 0.389. The van der Waals surface area contributed by atoms with Crippen molar-refractivity contribution in [2.75, 3.05) is 24.6 Å². The van der Waals surface area contributed by atoms with E-state index in [9.17, 15) is 14.7 Å². The summed E-state index contributed by atoms with van der Waals surface area (Å²) in [5.74, 6) is 0.898. The molecule has 2 aromatic rings. The Kier molecular flexibility index (Phi) is 5.45. The van der Waals surface area contributed by atoms with Gasteiger partial charge in [0.2, 0.25) is 0 Å². The first-order valence-electron chi connectivity index (χ1n) is 8.44. The molecule has 0 atom stereocenters. The maximum absolute atomic E-state index is 12.0. The molecular weight excluding hydrogens is 320 g/mol. The highest BCUT2D eigenvalue weighted by Gasteiger charge is 2.19. The maximum atomic E-state index is 12.0. The van der Waals surface area contributed by atoms with Gasteiger partial charge in [0.1, 0.15) is 11.4 Å². The third-order valence-electron chi connectivity index (χ3n) is 4.52. The van der Waals surface area contributed by atoms with Crippen molar-refractivity contribution in [3.8, 4) is 0 Å². The fourth-order valence-corrected chi connectivity index (χ4v) is 2.93. The predicted octanol–water partition coefficient (Wildman–Crippen LogP) is 0.909. The maximum Gasteiger partial charge on any atom is 0.260 e. The molecule has 2 aromatic heterocycles. The Morgan fingerprint density at radius 2 is 2.12 bits per heavy atom. The average molecular weight is 342 g/mol. The molecule has 1 aliphatic rings. The molecule has 1 saturated heterocycles. The number of aromatic amines is 1. The molecule has 7 nitrogen and oxygen atoms in total. The topological polar surface area (TPSA) is 98.3 Å². The van der Waals surface area contributed by atoms with Gasteiger partial charge < -0.3 is 20.3 Å². The van der Waals surface area contributed by atoms with Gasteiger partial charge in [-0.2, -0.15) is 0 Å². The van der Waals surface area contributed by atoms with Gasteiger partial charge in [0.25, 0.3) is 11.5 Å². The number of hydrogen-bond donors (Lipinski definition) is 3. The first kappa shape index (κ1) is 17.2. The molecule has 0 saturated carbocycles.